The molecule has 12 heteroatoms. The van der Waals surface area contributed by atoms with Crippen LogP contribution in [0.25, 0.3) is 11.1 Å². The molecule has 3 aromatic carbocycles. The average Bonchev–Trinajstić information content (AvgIpc) is 2.77. The highest BCUT2D eigenvalue weighted by Gasteiger charge is 2.32. The van der Waals surface area contributed by atoms with Crippen LogP contribution in [0.5, 0.6) is 11.5 Å². The van der Waals surface area contributed by atoms with Gasteiger partial charge in [0.2, 0.25) is 10.0 Å². The summed E-state index contributed by atoms with van der Waals surface area (Å²) in [5, 5.41) is 7.76. The number of para-hydroxylation sites is 1. The molecule has 0 heterocycles. The number of benzene rings is 3. The van der Waals surface area contributed by atoms with Crippen LogP contribution in [-0.4, -0.2) is 27.8 Å². The van der Waals surface area contributed by atoms with Crippen LogP contribution in [0.15, 0.2) is 65.6 Å². The average molecular weight is 515 g/mol. The minimum atomic E-state index is -4.87. The Balaban J connectivity index is 1.91. The van der Waals surface area contributed by atoms with Crippen molar-refractivity contribution in [1.29, 1.82) is 0 Å². The van der Waals surface area contributed by atoms with Gasteiger partial charge in [-0.15, -0.1) is 24.8 Å². The van der Waals surface area contributed by atoms with Gasteiger partial charge in [0.05, 0.1) is 7.11 Å². The second-order valence-corrected chi connectivity index (χ2v) is 8.71. The summed E-state index contributed by atoms with van der Waals surface area (Å²) in [6.45, 7) is 0. The first-order valence-corrected chi connectivity index (χ1v) is 11.6. The van der Waals surface area contributed by atoms with E-state index in [-0.39, 0.29) is 33.4 Å². The van der Waals surface area contributed by atoms with Gasteiger partial charge in [-0.05, 0) is 47.5 Å². The fourth-order valence-electron chi connectivity index (χ4n) is 3.19. The molecule has 34 heavy (non-hydrogen) atoms. The Kier molecular flexibility index (Phi) is 7.39. The van der Waals surface area contributed by atoms with Crippen molar-refractivity contribution in [2.75, 3.05) is 12.4 Å². The molecule has 1 amide bonds. The molecule has 180 valence electrons. The Bertz CT molecular complexity index is 1330. The Morgan fingerprint density at radius 1 is 1.03 bits per heavy atom. The first-order chi connectivity index (χ1) is 15.9. The maximum atomic E-state index is 12.8. The summed E-state index contributed by atoms with van der Waals surface area (Å²) in [7, 11) is -2.82. The van der Waals surface area contributed by atoms with Crippen molar-refractivity contribution in [1.82, 2.24) is 0 Å². The summed E-state index contributed by atoms with van der Waals surface area (Å²) in [6.07, 6.45) is -4.87. The number of alkyl halides is 4. The lowest BCUT2D eigenvalue weighted by Crippen LogP contribution is -2.17. The van der Waals surface area contributed by atoms with Crippen molar-refractivity contribution in [3.05, 3.63) is 71.8 Å². The largest absolute Gasteiger partial charge is 0.573 e. The molecule has 0 radical (unpaired) electrons. The van der Waals surface area contributed by atoms with Crippen LogP contribution in [-0.2, 0) is 15.9 Å². The first-order valence-electron chi connectivity index (χ1n) is 9.49. The number of methoxy groups -OCH3 is 1. The lowest BCUT2D eigenvalue weighted by molar-refractivity contribution is -0.274. The normalized spacial score (nSPS) is 11.7. The quantitative estimate of drug-likeness (QED) is 0.436. The van der Waals surface area contributed by atoms with Gasteiger partial charge in [0.15, 0.2) is 0 Å². The molecule has 0 spiro atoms. The van der Waals surface area contributed by atoms with Crippen LogP contribution < -0.4 is 19.9 Å². The van der Waals surface area contributed by atoms with Crippen LogP contribution in [0.1, 0.15) is 15.9 Å². The molecular weight excluding hydrogens is 497 g/mol. The standard InChI is InChI=1S/C22H18ClF3N2O5S/c1-32-19-11-13(6-9-20(19)34(27,30)31)21(29)28-15-7-8-16(14(10-15)12-23)17-4-2-3-5-18(17)33-22(24,25)26/h2-11H,12H2,1H3,(H,28,29)(H2,27,30,31). The molecule has 0 saturated carbocycles. The fourth-order valence-corrected chi connectivity index (χ4v) is 4.10. The number of rotatable bonds is 7. The van der Waals surface area contributed by atoms with E-state index in [1.807, 2.05) is 0 Å². The van der Waals surface area contributed by atoms with Gasteiger partial charge in [-0.25, -0.2) is 13.6 Å². The van der Waals surface area contributed by atoms with Crippen LogP contribution in [0.4, 0.5) is 18.9 Å². The molecule has 0 aliphatic carbocycles. The van der Waals surface area contributed by atoms with Gasteiger partial charge >= 0.3 is 6.36 Å². The van der Waals surface area contributed by atoms with Crippen molar-refractivity contribution in [3.63, 3.8) is 0 Å². The second-order valence-electron chi connectivity index (χ2n) is 6.91. The summed E-state index contributed by atoms with van der Waals surface area (Å²) in [6, 6.07) is 13.8. The van der Waals surface area contributed by atoms with E-state index in [4.69, 9.17) is 21.5 Å². The van der Waals surface area contributed by atoms with Gasteiger partial charge in [0.1, 0.15) is 16.4 Å². The van der Waals surface area contributed by atoms with Crippen molar-refractivity contribution in [3.8, 4) is 22.6 Å². The highest BCUT2D eigenvalue weighted by molar-refractivity contribution is 7.89. The zero-order chi connectivity index (χ0) is 25.1. The molecule has 7 nitrogen and oxygen atoms in total. The molecular formula is C22H18ClF3N2O5S. The Morgan fingerprint density at radius 3 is 2.35 bits per heavy atom. The molecule has 0 unspecified atom stereocenters. The summed E-state index contributed by atoms with van der Waals surface area (Å²) in [5.41, 5.74) is 1.42. The summed E-state index contributed by atoms with van der Waals surface area (Å²) in [5.74, 6) is -1.14. The molecule has 0 fully saturated rings. The number of carbonyl (C=O) groups excluding carboxylic acids is 1. The SMILES string of the molecule is COc1cc(C(=O)Nc2ccc(-c3ccccc3OC(F)(F)F)c(CCl)c2)ccc1S(N)(=O)=O. The van der Waals surface area contributed by atoms with E-state index in [2.05, 4.69) is 10.1 Å². The maximum absolute atomic E-state index is 12.8. The predicted octanol–water partition coefficient (Wildman–Crippen LogP) is 4.90. The number of primary sulfonamides is 1. The van der Waals surface area contributed by atoms with Crippen LogP contribution in [0.3, 0.4) is 0 Å². The molecule has 0 aliphatic heterocycles. The van der Waals surface area contributed by atoms with E-state index in [1.54, 1.807) is 6.07 Å². The maximum Gasteiger partial charge on any atom is 0.573 e. The molecule has 3 N–H and O–H groups in total. The topological polar surface area (TPSA) is 108 Å². The lowest BCUT2D eigenvalue weighted by Gasteiger charge is -2.16. The van der Waals surface area contributed by atoms with Gasteiger partial charge in [0, 0.05) is 22.7 Å². The third-order valence-corrected chi connectivity index (χ3v) is 5.88. The van der Waals surface area contributed by atoms with Crippen molar-refractivity contribution in [2.24, 2.45) is 5.14 Å². The number of ether oxygens (including phenoxy) is 2. The zero-order valence-electron chi connectivity index (χ0n) is 17.5. The molecule has 0 aromatic heterocycles. The summed E-state index contributed by atoms with van der Waals surface area (Å²) >= 11 is 6.03. The Labute approximate surface area is 198 Å². The van der Waals surface area contributed by atoms with Crippen molar-refractivity contribution >= 4 is 33.2 Å². The second kappa shape index (κ2) is 9.92. The van der Waals surface area contributed by atoms with E-state index in [0.717, 1.165) is 6.07 Å². The van der Waals surface area contributed by atoms with Crippen molar-refractivity contribution in [2.45, 2.75) is 17.1 Å². The number of sulfonamides is 1. The smallest absolute Gasteiger partial charge is 0.495 e. The Hall–Kier alpha value is -3.28. The minimum absolute atomic E-state index is 0.0593. The molecule has 0 aliphatic rings. The summed E-state index contributed by atoms with van der Waals surface area (Å²) in [4.78, 5) is 12.4. The molecule has 3 rings (SSSR count). The van der Waals surface area contributed by atoms with Gasteiger partial charge in [-0.2, -0.15) is 0 Å². The van der Waals surface area contributed by atoms with Gasteiger partial charge in [-0.1, -0.05) is 24.3 Å². The third kappa shape index (κ3) is 5.99. The van der Waals surface area contributed by atoms with Gasteiger partial charge in [0.25, 0.3) is 5.91 Å². The molecule has 0 atom stereocenters. The fraction of sp³-hybridized carbons (Fsp3) is 0.136. The lowest BCUT2D eigenvalue weighted by atomic mass is 9.99. The number of hydrogen-bond donors (Lipinski definition) is 2. The number of carbonyl (C=O) groups is 1. The third-order valence-electron chi connectivity index (χ3n) is 4.64. The van der Waals surface area contributed by atoms with Crippen LogP contribution in [0.2, 0.25) is 0 Å². The number of amides is 1. The van der Waals surface area contributed by atoms with E-state index >= 15 is 0 Å². The van der Waals surface area contributed by atoms with E-state index in [9.17, 15) is 26.4 Å². The number of hydrogen-bond acceptors (Lipinski definition) is 5. The summed E-state index contributed by atoms with van der Waals surface area (Å²) < 4.78 is 70.7. The van der Waals surface area contributed by atoms with E-state index < -0.39 is 22.3 Å². The zero-order valence-corrected chi connectivity index (χ0v) is 19.1. The Morgan fingerprint density at radius 2 is 1.74 bits per heavy atom. The van der Waals surface area contributed by atoms with Crippen LogP contribution >= 0.6 is 11.6 Å². The molecule has 3 aromatic rings. The first kappa shape index (κ1) is 25.3. The highest BCUT2D eigenvalue weighted by atomic mass is 35.5. The van der Waals surface area contributed by atoms with Crippen molar-refractivity contribution < 1.29 is 35.9 Å². The minimum Gasteiger partial charge on any atom is -0.495 e. The molecule has 0 saturated heterocycles. The number of halogens is 4. The predicted molar refractivity (Wildman–Crippen MR) is 120 cm³/mol. The number of anilines is 1. The van der Waals surface area contributed by atoms with Gasteiger partial charge in [-0.3, -0.25) is 4.79 Å². The monoisotopic (exact) mass is 514 g/mol. The van der Waals surface area contributed by atoms with Crippen LogP contribution in [0, 0.1) is 0 Å². The van der Waals surface area contributed by atoms with E-state index in [1.165, 1.54) is 55.6 Å². The number of nitrogens with two attached hydrogens (primary N) is 1. The number of nitrogens with one attached hydrogen (secondary N) is 1. The van der Waals surface area contributed by atoms with E-state index in [0.29, 0.717) is 16.8 Å². The highest BCUT2D eigenvalue weighted by Crippen LogP contribution is 2.37. The van der Waals surface area contributed by atoms with Gasteiger partial charge < -0.3 is 14.8 Å². The molecule has 0 bridgehead atoms.